The van der Waals surface area contributed by atoms with E-state index >= 15 is 0 Å². The van der Waals surface area contributed by atoms with Crippen LogP contribution in [0, 0.1) is 19.7 Å². The number of aryl methyl sites for hydroxylation is 2. The Morgan fingerprint density at radius 1 is 1.05 bits per heavy atom. The van der Waals surface area contributed by atoms with E-state index in [0.29, 0.717) is 5.56 Å². The van der Waals surface area contributed by atoms with Crippen LogP contribution in [0.3, 0.4) is 0 Å². The van der Waals surface area contributed by atoms with Crippen molar-refractivity contribution in [2.24, 2.45) is 0 Å². The molecule has 1 N–H and O–H groups in total. The van der Waals surface area contributed by atoms with E-state index in [4.69, 9.17) is 4.74 Å². The van der Waals surface area contributed by atoms with Crippen molar-refractivity contribution in [2.75, 3.05) is 14.2 Å². The maximum absolute atomic E-state index is 13.4. The molecule has 0 bridgehead atoms. The number of ether oxygens (including phenoxy) is 1. The molecule has 2 nitrogen and oxygen atoms in total. The highest BCUT2D eigenvalue weighted by Crippen LogP contribution is 2.28. The molecule has 2 aromatic carbocycles. The van der Waals surface area contributed by atoms with Crippen molar-refractivity contribution in [3.05, 3.63) is 64.5 Å². The molecule has 2 rings (SSSR count). The van der Waals surface area contributed by atoms with Gasteiger partial charge in [-0.25, -0.2) is 4.39 Å². The predicted molar refractivity (Wildman–Crippen MR) is 79.8 cm³/mol. The molecule has 0 amide bonds. The Hall–Kier alpha value is -1.87. The second kappa shape index (κ2) is 6.06. The van der Waals surface area contributed by atoms with E-state index in [1.807, 2.05) is 37.4 Å². The Morgan fingerprint density at radius 3 is 2.35 bits per heavy atom. The van der Waals surface area contributed by atoms with Crippen LogP contribution in [0.2, 0.25) is 0 Å². The quantitative estimate of drug-likeness (QED) is 0.915. The number of nitrogens with one attached hydrogen (secondary N) is 1. The topological polar surface area (TPSA) is 21.3 Å². The number of hydrogen-bond acceptors (Lipinski definition) is 2. The van der Waals surface area contributed by atoms with E-state index in [9.17, 15) is 4.39 Å². The minimum Gasteiger partial charge on any atom is -0.497 e. The van der Waals surface area contributed by atoms with Crippen molar-refractivity contribution < 1.29 is 9.13 Å². The second-order valence-electron chi connectivity index (χ2n) is 4.95. The molecule has 0 aliphatic carbocycles. The van der Waals surface area contributed by atoms with Gasteiger partial charge in [-0.05, 0) is 61.3 Å². The summed E-state index contributed by atoms with van der Waals surface area (Å²) in [6.45, 7) is 3.84. The summed E-state index contributed by atoms with van der Waals surface area (Å²) in [5.41, 5.74) is 4.03. The predicted octanol–water partition coefficient (Wildman–Crippen LogP) is 3.76. The molecule has 106 valence electrons. The lowest BCUT2D eigenvalue weighted by molar-refractivity contribution is 0.414. The van der Waals surface area contributed by atoms with E-state index in [2.05, 4.69) is 12.2 Å². The molecule has 0 saturated heterocycles. The molecular formula is C17H20FNO. The normalized spacial score (nSPS) is 12.2. The lowest BCUT2D eigenvalue weighted by Gasteiger charge is -2.20. The third kappa shape index (κ3) is 2.83. The summed E-state index contributed by atoms with van der Waals surface area (Å²) in [4.78, 5) is 0. The van der Waals surface area contributed by atoms with E-state index < -0.39 is 0 Å². The SMILES string of the molecule is CNC(c1ccc(F)c(C)c1)c1ccc(OC)cc1C. The Kier molecular flexibility index (Phi) is 4.40. The second-order valence-corrected chi connectivity index (χ2v) is 4.95. The summed E-state index contributed by atoms with van der Waals surface area (Å²) in [5.74, 6) is 0.673. The van der Waals surface area contributed by atoms with Crippen LogP contribution in [0.4, 0.5) is 4.39 Å². The van der Waals surface area contributed by atoms with Crippen LogP contribution >= 0.6 is 0 Å². The van der Waals surface area contributed by atoms with Gasteiger partial charge in [-0.15, -0.1) is 0 Å². The fourth-order valence-corrected chi connectivity index (χ4v) is 2.45. The van der Waals surface area contributed by atoms with Gasteiger partial charge in [0.05, 0.1) is 13.2 Å². The monoisotopic (exact) mass is 273 g/mol. The zero-order valence-electron chi connectivity index (χ0n) is 12.3. The van der Waals surface area contributed by atoms with E-state index in [1.54, 1.807) is 14.0 Å². The summed E-state index contributed by atoms with van der Waals surface area (Å²) in [6.07, 6.45) is 0. The summed E-state index contributed by atoms with van der Waals surface area (Å²) >= 11 is 0. The van der Waals surface area contributed by atoms with Gasteiger partial charge in [0.15, 0.2) is 0 Å². The molecule has 20 heavy (non-hydrogen) atoms. The zero-order valence-corrected chi connectivity index (χ0v) is 12.3. The minimum atomic E-state index is -0.171. The van der Waals surface area contributed by atoms with Gasteiger partial charge in [-0.2, -0.15) is 0 Å². The molecule has 2 aromatic rings. The standard InChI is InChI=1S/C17H20FNO/c1-11-10-14(20-4)6-7-15(11)17(19-3)13-5-8-16(18)12(2)9-13/h5-10,17,19H,1-4H3. The highest BCUT2D eigenvalue weighted by molar-refractivity contribution is 5.42. The van der Waals surface area contributed by atoms with E-state index in [1.165, 1.54) is 11.6 Å². The Bertz CT molecular complexity index is 610. The average molecular weight is 273 g/mol. The van der Waals surface area contributed by atoms with Gasteiger partial charge in [0.2, 0.25) is 0 Å². The summed E-state index contributed by atoms with van der Waals surface area (Å²) in [6, 6.07) is 11.3. The van der Waals surface area contributed by atoms with Crippen LogP contribution < -0.4 is 10.1 Å². The largest absolute Gasteiger partial charge is 0.497 e. The average Bonchev–Trinajstić information content (AvgIpc) is 2.45. The van der Waals surface area contributed by atoms with Gasteiger partial charge in [0.1, 0.15) is 11.6 Å². The highest BCUT2D eigenvalue weighted by Gasteiger charge is 2.15. The van der Waals surface area contributed by atoms with Crippen molar-refractivity contribution in [3.63, 3.8) is 0 Å². The van der Waals surface area contributed by atoms with Crippen LogP contribution in [0.1, 0.15) is 28.3 Å². The number of halogens is 1. The van der Waals surface area contributed by atoms with Crippen LogP contribution in [0.5, 0.6) is 5.75 Å². The smallest absolute Gasteiger partial charge is 0.126 e. The van der Waals surface area contributed by atoms with Gasteiger partial charge in [-0.1, -0.05) is 18.2 Å². The fourth-order valence-electron chi connectivity index (χ4n) is 2.45. The molecule has 1 unspecified atom stereocenters. The summed E-state index contributed by atoms with van der Waals surface area (Å²) in [5, 5.41) is 3.30. The Morgan fingerprint density at radius 2 is 1.80 bits per heavy atom. The Balaban J connectivity index is 2.43. The van der Waals surface area contributed by atoms with E-state index in [0.717, 1.165) is 16.9 Å². The highest BCUT2D eigenvalue weighted by atomic mass is 19.1. The lowest BCUT2D eigenvalue weighted by Crippen LogP contribution is -2.19. The first-order valence-electron chi connectivity index (χ1n) is 6.64. The summed E-state index contributed by atoms with van der Waals surface area (Å²) < 4.78 is 18.6. The van der Waals surface area contributed by atoms with Gasteiger partial charge < -0.3 is 10.1 Å². The molecule has 0 fully saturated rings. The van der Waals surface area contributed by atoms with Gasteiger partial charge in [-0.3, -0.25) is 0 Å². The molecule has 3 heteroatoms. The molecule has 0 saturated carbocycles. The fraction of sp³-hybridized carbons (Fsp3) is 0.294. The van der Waals surface area contributed by atoms with E-state index in [-0.39, 0.29) is 11.9 Å². The van der Waals surface area contributed by atoms with Gasteiger partial charge in [0, 0.05) is 0 Å². The maximum Gasteiger partial charge on any atom is 0.126 e. The van der Waals surface area contributed by atoms with Gasteiger partial charge in [0.25, 0.3) is 0 Å². The lowest BCUT2D eigenvalue weighted by atomic mass is 9.94. The molecule has 0 spiro atoms. The summed E-state index contributed by atoms with van der Waals surface area (Å²) in [7, 11) is 3.57. The van der Waals surface area contributed by atoms with Crippen LogP contribution in [-0.2, 0) is 0 Å². The van der Waals surface area contributed by atoms with Crippen molar-refractivity contribution >= 4 is 0 Å². The van der Waals surface area contributed by atoms with Crippen molar-refractivity contribution in [3.8, 4) is 5.75 Å². The molecule has 0 heterocycles. The number of benzene rings is 2. The first kappa shape index (κ1) is 14.5. The van der Waals surface area contributed by atoms with Gasteiger partial charge >= 0.3 is 0 Å². The molecule has 0 aromatic heterocycles. The molecule has 0 aliphatic rings. The van der Waals surface area contributed by atoms with Crippen LogP contribution in [0.25, 0.3) is 0 Å². The molecule has 1 atom stereocenters. The third-order valence-electron chi connectivity index (χ3n) is 3.59. The number of hydrogen-bond donors (Lipinski definition) is 1. The number of rotatable bonds is 4. The third-order valence-corrected chi connectivity index (χ3v) is 3.59. The van der Waals surface area contributed by atoms with Crippen molar-refractivity contribution in [1.82, 2.24) is 5.32 Å². The van der Waals surface area contributed by atoms with Crippen LogP contribution in [-0.4, -0.2) is 14.2 Å². The minimum absolute atomic E-state index is 0.0419. The Labute approximate surface area is 119 Å². The zero-order chi connectivity index (χ0) is 14.7. The van der Waals surface area contributed by atoms with Crippen molar-refractivity contribution in [2.45, 2.75) is 19.9 Å². The molecule has 0 aliphatic heterocycles. The molecule has 0 radical (unpaired) electrons. The van der Waals surface area contributed by atoms with Crippen molar-refractivity contribution in [1.29, 1.82) is 0 Å². The first-order chi connectivity index (χ1) is 9.56. The first-order valence-corrected chi connectivity index (χ1v) is 6.64. The van der Waals surface area contributed by atoms with Crippen LogP contribution in [0.15, 0.2) is 36.4 Å². The number of methoxy groups -OCH3 is 1. The molecular weight excluding hydrogens is 253 g/mol. The maximum atomic E-state index is 13.4.